The average Bonchev–Trinajstić information content (AvgIpc) is 2.73. The van der Waals surface area contributed by atoms with Crippen LogP contribution in [0.1, 0.15) is 45.9 Å². The first kappa shape index (κ1) is 13.6. The molecular formula is C11H20N4O2. The third-order valence-corrected chi connectivity index (χ3v) is 2.46. The molecule has 0 aliphatic heterocycles. The lowest BCUT2D eigenvalue weighted by Crippen LogP contribution is -2.31. The maximum atomic E-state index is 11.7. The van der Waals surface area contributed by atoms with E-state index in [2.05, 4.69) is 15.6 Å². The normalized spacial score (nSPS) is 13.5. The highest BCUT2D eigenvalue weighted by Crippen LogP contribution is 2.17. The Balaban J connectivity index is 2.73. The zero-order valence-corrected chi connectivity index (χ0v) is 10.8. The third-order valence-electron chi connectivity index (χ3n) is 2.46. The molecule has 0 aromatic carbocycles. The molecule has 0 aliphatic carbocycles. The predicted molar refractivity (Wildman–Crippen MR) is 63.3 cm³/mol. The number of rotatable bonds is 5. The highest BCUT2D eigenvalue weighted by molar-refractivity contribution is 5.79. The number of amides is 1. The van der Waals surface area contributed by atoms with Crippen LogP contribution in [-0.2, 0) is 10.4 Å². The number of nitrogens with zero attached hydrogens (tertiary/aromatic N) is 3. The number of hydrogen-bond acceptors (Lipinski definition) is 4. The lowest BCUT2D eigenvalue weighted by atomic mass is 10.1. The summed E-state index contributed by atoms with van der Waals surface area (Å²) in [5, 5.41) is 20.2. The Morgan fingerprint density at radius 1 is 1.65 bits per heavy atom. The van der Waals surface area contributed by atoms with Crippen LogP contribution in [0.2, 0.25) is 0 Å². The van der Waals surface area contributed by atoms with Crippen molar-refractivity contribution in [3.8, 4) is 0 Å². The summed E-state index contributed by atoms with van der Waals surface area (Å²) in [6.07, 6.45) is 2.49. The van der Waals surface area contributed by atoms with Gasteiger partial charge in [0.05, 0.1) is 6.20 Å². The molecule has 2 N–H and O–H groups in total. The van der Waals surface area contributed by atoms with Crippen molar-refractivity contribution in [3.05, 3.63) is 11.9 Å². The predicted octanol–water partition coefficient (Wildman–Crippen LogP) is 0.593. The molecule has 0 spiro atoms. The molecule has 0 radical (unpaired) electrons. The van der Waals surface area contributed by atoms with Crippen LogP contribution < -0.4 is 5.32 Å². The molecule has 1 aromatic heterocycles. The largest absolute Gasteiger partial charge is 0.384 e. The minimum Gasteiger partial charge on any atom is -0.384 e. The van der Waals surface area contributed by atoms with Gasteiger partial charge in [-0.1, -0.05) is 12.1 Å². The molecular weight excluding hydrogens is 220 g/mol. The Morgan fingerprint density at radius 2 is 2.29 bits per heavy atom. The Hall–Kier alpha value is -1.43. The van der Waals surface area contributed by atoms with E-state index >= 15 is 0 Å². The maximum absolute atomic E-state index is 11.7. The van der Waals surface area contributed by atoms with Gasteiger partial charge in [-0.25, -0.2) is 4.68 Å². The van der Waals surface area contributed by atoms with Gasteiger partial charge in [0, 0.05) is 6.54 Å². The maximum Gasteiger partial charge on any atom is 0.244 e. The second kappa shape index (κ2) is 5.27. The molecule has 6 nitrogen and oxygen atoms in total. The molecule has 0 bridgehead atoms. The molecule has 0 saturated carbocycles. The molecule has 17 heavy (non-hydrogen) atoms. The Bertz CT molecular complexity index is 381. The van der Waals surface area contributed by atoms with Crippen molar-refractivity contribution in [2.45, 2.75) is 45.8 Å². The first-order valence-electron chi connectivity index (χ1n) is 5.78. The third kappa shape index (κ3) is 3.52. The quantitative estimate of drug-likeness (QED) is 0.789. The van der Waals surface area contributed by atoms with Crippen molar-refractivity contribution in [2.24, 2.45) is 0 Å². The van der Waals surface area contributed by atoms with Crippen LogP contribution in [0.15, 0.2) is 6.20 Å². The van der Waals surface area contributed by atoms with Crippen LogP contribution in [0.3, 0.4) is 0 Å². The van der Waals surface area contributed by atoms with Gasteiger partial charge in [0.1, 0.15) is 17.3 Å². The molecule has 96 valence electrons. The van der Waals surface area contributed by atoms with Crippen LogP contribution in [0, 0.1) is 0 Å². The average molecular weight is 240 g/mol. The fraction of sp³-hybridized carbons (Fsp3) is 0.727. The SMILES string of the molecule is CCCNC(=O)C(C)n1cc(C(C)(C)O)nn1. The highest BCUT2D eigenvalue weighted by atomic mass is 16.3. The summed E-state index contributed by atoms with van der Waals surface area (Å²) >= 11 is 0. The summed E-state index contributed by atoms with van der Waals surface area (Å²) in [4.78, 5) is 11.7. The first-order chi connectivity index (χ1) is 7.86. The molecule has 1 amide bonds. The summed E-state index contributed by atoms with van der Waals surface area (Å²) in [5.41, 5.74) is -0.592. The molecule has 6 heteroatoms. The second-order valence-corrected chi connectivity index (χ2v) is 4.61. The van der Waals surface area contributed by atoms with Crippen molar-refractivity contribution >= 4 is 5.91 Å². The van der Waals surface area contributed by atoms with Gasteiger partial charge in [-0.15, -0.1) is 5.10 Å². The number of aromatic nitrogens is 3. The van der Waals surface area contributed by atoms with E-state index in [1.807, 2.05) is 6.92 Å². The first-order valence-corrected chi connectivity index (χ1v) is 5.78. The number of nitrogens with one attached hydrogen (secondary N) is 1. The zero-order valence-electron chi connectivity index (χ0n) is 10.8. The molecule has 0 fully saturated rings. The van der Waals surface area contributed by atoms with Crippen molar-refractivity contribution in [1.29, 1.82) is 0 Å². The molecule has 0 aliphatic rings. The molecule has 1 unspecified atom stereocenters. The lowest BCUT2D eigenvalue weighted by Gasteiger charge is -2.13. The van der Waals surface area contributed by atoms with Gasteiger partial charge in [-0.3, -0.25) is 4.79 Å². The van der Waals surface area contributed by atoms with Crippen LogP contribution in [0.5, 0.6) is 0 Å². The van der Waals surface area contributed by atoms with Gasteiger partial charge in [-0.2, -0.15) is 0 Å². The van der Waals surface area contributed by atoms with E-state index in [9.17, 15) is 9.90 Å². The van der Waals surface area contributed by atoms with Gasteiger partial charge in [0.15, 0.2) is 0 Å². The Morgan fingerprint density at radius 3 is 2.76 bits per heavy atom. The summed E-state index contributed by atoms with van der Waals surface area (Å²) in [6.45, 7) is 7.64. The molecule has 1 heterocycles. The highest BCUT2D eigenvalue weighted by Gasteiger charge is 2.23. The van der Waals surface area contributed by atoms with Crippen LogP contribution in [-0.4, -0.2) is 32.6 Å². The van der Waals surface area contributed by atoms with Gasteiger partial charge < -0.3 is 10.4 Å². The van der Waals surface area contributed by atoms with E-state index in [4.69, 9.17) is 0 Å². The zero-order chi connectivity index (χ0) is 13.1. The van der Waals surface area contributed by atoms with Crippen molar-refractivity contribution in [3.63, 3.8) is 0 Å². The number of carbonyl (C=O) groups is 1. The molecule has 1 rings (SSSR count). The van der Waals surface area contributed by atoms with Crippen LogP contribution in [0.25, 0.3) is 0 Å². The number of carbonyl (C=O) groups excluding carboxylic acids is 1. The van der Waals surface area contributed by atoms with Gasteiger partial charge in [0.2, 0.25) is 5.91 Å². The topological polar surface area (TPSA) is 80.0 Å². The smallest absolute Gasteiger partial charge is 0.244 e. The van der Waals surface area contributed by atoms with Crippen molar-refractivity contribution in [2.75, 3.05) is 6.54 Å². The monoisotopic (exact) mass is 240 g/mol. The van der Waals surface area contributed by atoms with Gasteiger partial charge in [0.25, 0.3) is 0 Å². The fourth-order valence-electron chi connectivity index (χ4n) is 1.26. The minimum atomic E-state index is -1.04. The van der Waals surface area contributed by atoms with Crippen LogP contribution >= 0.6 is 0 Å². The van der Waals surface area contributed by atoms with E-state index in [1.54, 1.807) is 27.0 Å². The van der Waals surface area contributed by atoms with E-state index in [1.165, 1.54) is 4.68 Å². The second-order valence-electron chi connectivity index (χ2n) is 4.61. The van der Waals surface area contributed by atoms with Crippen LogP contribution in [0.4, 0.5) is 0 Å². The van der Waals surface area contributed by atoms with E-state index in [0.29, 0.717) is 12.2 Å². The summed E-state index contributed by atoms with van der Waals surface area (Å²) in [6, 6.07) is -0.426. The Labute approximate surface area is 101 Å². The standard InChI is InChI=1S/C11H20N4O2/c1-5-6-12-10(16)8(2)15-7-9(13-14-15)11(3,4)17/h7-8,17H,5-6H2,1-4H3,(H,12,16). The van der Waals surface area contributed by atoms with E-state index in [0.717, 1.165) is 6.42 Å². The summed E-state index contributed by atoms with van der Waals surface area (Å²) in [7, 11) is 0. The number of aliphatic hydroxyl groups is 1. The van der Waals surface area contributed by atoms with E-state index in [-0.39, 0.29) is 5.91 Å². The molecule has 0 saturated heterocycles. The summed E-state index contributed by atoms with van der Waals surface area (Å²) < 4.78 is 1.46. The van der Waals surface area contributed by atoms with E-state index < -0.39 is 11.6 Å². The van der Waals surface area contributed by atoms with Crippen molar-refractivity contribution < 1.29 is 9.90 Å². The summed E-state index contributed by atoms with van der Waals surface area (Å²) in [5.74, 6) is -0.0981. The Kier molecular flexibility index (Phi) is 4.22. The minimum absolute atomic E-state index is 0.0981. The van der Waals surface area contributed by atoms with Gasteiger partial charge in [-0.05, 0) is 27.2 Å². The van der Waals surface area contributed by atoms with Crippen molar-refractivity contribution in [1.82, 2.24) is 20.3 Å². The molecule has 1 atom stereocenters. The lowest BCUT2D eigenvalue weighted by molar-refractivity contribution is -0.124. The van der Waals surface area contributed by atoms with Gasteiger partial charge >= 0.3 is 0 Å². The fourth-order valence-corrected chi connectivity index (χ4v) is 1.26. The number of hydrogen-bond donors (Lipinski definition) is 2. The molecule has 1 aromatic rings.